The van der Waals surface area contributed by atoms with Crippen LogP contribution in [0, 0.1) is 6.92 Å². The highest BCUT2D eigenvalue weighted by Crippen LogP contribution is 2.47. The Morgan fingerprint density at radius 3 is 2.21 bits per heavy atom. The van der Waals surface area contributed by atoms with E-state index in [2.05, 4.69) is 5.32 Å². The van der Waals surface area contributed by atoms with E-state index in [0.29, 0.717) is 29.0 Å². The van der Waals surface area contributed by atoms with Crippen LogP contribution in [0.15, 0.2) is 114 Å². The fraction of sp³-hybridized carbons (Fsp3) is 0.152. The molecule has 0 bridgehead atoms. The first kappa shape index (κ1) is 24.2. The lowest BCUT2D eigenvalue weighted by Gasteiger charge is -2.35. The van der Waals surface area contributed by atoms with Gasteiger partial charge in [-0.1, -0.05) is 83.9 Å². The summed E-state index contributed by atoms with van der Waals surface area (Å²) < 4.78 is 0. The number of anilines is 2. The molecule has 6 rings (SSSR count). The number of nitrogens with one attached hydrogen (secondary N) is 1. The van der Waals surface area contributed by atoms with Gasteiger partial charge in [-0.3, -0.25) is 14.5 Å². The molecule has 0 radical (unpaired) electrons. The summed E-state index contributed by atoms with van der Waals surface area (Å²) in [5.74, 6) is -0.0806. The highest BCUT2D eigenvalue weighted by molar-refractivity contribution is 6.30. The van der Waals surface area contributed by atoms with E-state index >= 15 is 0 Å². The van der Waals surface area contributed by atoms with Gasteiger partial charge in [0.15, 0.2) is 5.78 Å². The average molecular weight is 519 g/mol. The van der Waals surface area contributed by atoms with Crippen LogP contribution in [0.1, 0.15) is 51.8 Å². The van der Waals surface area contributed by atoms with Crippen LogP contribution in [0.3, 0.4) is 0 Å². The molecule has 4 nitrogen and oxygen atoms in total. The number of aryl methyl sites for hydroxylation is 1. The molecule has 4 aromatic rings. The van der Waals surface area contributed by atoms with Crippen molar-refractivity contribution in [1.82, 2.24) is 0 Å². The Bertz CT molecular complexity index is 1540. The molecule has 0 saturated heterocycles. The van der Waals surface area contributed by atoms with Gasteiger partial charge in [-0.15, -0.1) is 0 Å². The number of hydrogen-bond acceptors (Lipinski definition) is 3. The van der Waals surface area contributed by atoms with Gasteiger partial charge in [0.1, 0.15) is 0 Å². The number of ketones is 1. The second-order valence-electron chi connectivity index (χ2n) is 9.97. The van der Waals surface area contributed by atoms with Crippen molar-refractivity contribution in [3.05, 3.63) is 142 Å². The normalized spacial score (nSPS) is 18.8. The van der Waals surface area contributed by atoms with Crippen molar-refractivity contribution in [3.8, 4) is 0 Å². The van der Waals surface area contributed by atoms with Crippen LogP contribution in [-0.4, -0.2) is 11.7 Å². The predicted molar refractivity (Wildman–Crippen MR) is 153 cm³/mol. The Balaban J connectivity index is 1.55. The number of halogens is 1. The van der Waals surface area contributed by atoms with Gasteiger partial charge in [0.05, 0.1) is 17.4 Å². The van der Waals surface area contributed by atoms with Crippen LogP contribution in [0.2, 0.25) is 5.02 Å². The Morgan fingerprint density at radius 1 is 0.816 bits per heavy atom. The minimum atomic E-state index is -0.562. The summed E-state index contributed by atoms with van der Waals surface area (Å²) in [4.78, 5) is 30.1. The molecule has 2 atom stereocenters. The fourth-order valence-electron chi connectivity index (χ4n) is 5.57. The van der Waals surface area contributed by atoms with E-state index in [0.717, 1.165) is 33.8 Å². The van der Waals surface area contributed by atoms with Gasteiger partial charge < -0.3 is 5.32 Å². The first-order valence-electron chi connectivity index (χ1n) is 12.8. The molecule has 1 heterocycles. The Labute approximate surface area is 227 Å². The molecule has 1 N–H and O–H groups in total. The zero-order valence-corrected chi connectivity index (χ0v) is 21.8. The highest BCUT2D eigenvalue weighted by Gasteiger charge is 2.41. The number of Topliss-reactive ketones (excluding diaryl/α,β-unsaturated/α-hetero) is 1. The number of allylic oxidation sites excluding steroid dienone is 1. The Kier molecular flexibility index (Phi) is 6.34. The lowest BCUT2D eigenvalue weighted by atomic mass is 9.78. The van der Waals surface area contributed by atoms with Crippen molar-refractivity contribution in [2.24, 2.45) is 0 Å². The minimum Gasteiger partial charge on any atom is -0.357 e. The SMILES string of the molecule is Cc1ccc([C@H]2C3=C(C[C@@H](c4ccc(Cl)cc4)CC3=O)Nc3ccccc3N2C(=O)c2ccccc2)cc1. The number of amides is 1. The van der Waals surface area contributed by atoms with Crippen molar-refractivity contribution in [2.75, 3.05) is 10.2 Å². The standard InChI is InChI=1S/C33H27ClN2O2/c1-21-11-13-23(14-12-21)32-31-28(19-25(20-30(31)37)22-15-17-26(34)18-16-22)35-27-9-5-6-10-29(27)36(32)33(38)24-7-3-2-4-8-24/h2-18,25,32,35H,19-20H2,1H3/t25-,32+/m1/s1. The molecular formula is C33H27ClN2O2. The van der Waals surface area contributed by atoms with Crippen molar-refractivity contribution in [3.63, 3.8) is 0 Å². The van der Waals surface area contributed by atoms with Gasteiger partial charge in [0, 0.05) is 28.3 Å². The number of nitrogens with zero attached hydrogens (tertiary/aromatic N) is 1. The van der Waals surface area contributed by atoms with Crippen molar-refractivity contribution >= 4 is 34.7 Å². The molecule has 4 aromatic carbocycles. The van der Waals surface area contributed by atoms with E-state index in [9.17, 15) is 9.59 Å². The number of carbonyl (C=O) groups is 2. The van der Waals surface area contributed by atoms with E-state index in [1.54, 1.807) is 4.90 Å². The van der Waals surface area contributed by atoms with Crippen LogP contribution in [0.25, 0.3) is 0 Å². The van der Waals surface area contributed by atoms with Crippen LogP contribution >= 0.6 is 11.6 Å². The lowest BCUT2D eigenvalue weighted by Crippen LogP contribution is -2.38. The maximum Gasteiger partial charge on any atom is 0.259 e. The summed E-state index contributed by atoms with van der Waals surface area (Å²) in [6, 6.07) is 32.4. The van der Waals surface area contributed by atoms with Crippen LogP contribution in [0.5, 0.6) is 0 Å². The molecule has 5 heteroatoms. The van der Waals surface area contributed by atoms with Crippen molar-refractivity contribution < 1.29 is 9.59 Å². The number of rotatable bonds is 3. The van der Waals surface area contributed by atoms with Crippen LogP contribution in [-0.2, 0) is 4.79 Å². The van der Waals surface area contributed by atoms with E-state index < -0.39 is 6.04 Å². The number of hydrogen-bond donors (Lipinski definition) is 1. The number of fused-ring (bicyclic) bond motifs is 1. The number of para-hydroxylation sites is 2. The molecule has 38 heavy (non-hydrogen) atoms. The lowest BCUT2D eigenvalue weighted by molar-refractivity contribution is -0.116. The molecule has 0 unspecified atom stereocenters. The van der Waals surface area contributed by atoms with Crippen LogP contribution < -0.4 is 10.2 Å². The highest BCUT2D eigenvalue weighted by atomic mass is 35.5. The summed E-state index contributed by atoms with van der Waals surface area (Å²) in [5.41, 5.74) is 6.75. The smallest absolute Gasteiger partial charge is 0.259 e. The number of benzene rings is 4. The molecule has 0 fully saturated rings. The molecule has 0 spiro atoms. The van der Waals surface area contributed by atoms with E-state index in [4.69, 9.17) is 11.6 Å². The Morgan fingerprint density at radius 2 is 1.47 bits per heavy atom. The van der Waals surface area contributed by atoms with Gasteiger partial charge in [-0.2, -0.15) is 0 Å². The quantitative estimate of drug-likeness (QED) is 0.300. The summed E-state index contributed by atoms with van der Waals surface area (Å²) in [7, 11) is 0. The van der Waals surface area contributed by atoms with Gasteiger partial charge in [0.2, 0.25) is 0 Å². The molecule has 1 aliphatic heterocycles. The van der Waals surface area contributed by atoms with Gasteiger partial charge in [0.25, 0.3) is 5.91 Å². The molecule has 188 valence electrons. The van der Waals surface area contributed by atoms with E-state index in [-0.39, 0.29) is 17.6 Å². The predicted octanol–water partition coefficient (Wildman–Crippen LogP) is 7.86. The Hall–Kier alpha value is -4.15. The molecule has 1 amide bonds. The van der Waals surface area contributed by atoms with Crippen molar-refractivity contribution in [1.29, 1.82) is 0 Å². The van der Waals surface area contributed by atoms with Gasteiger partial charge >= 0.3 is 0 Å². The maximum atomic E-state index is 14.2. The molecular weight excluding hydrogens is 492 g/mol. The molecule has 0 saturated carbocycles. The van der Waals surface area contributed by atoms with Gasteiger partial charge in [-0.05, 0) is 66.8 Å². The third kappa shape index (κ3) is 4.42. The summed E-state index contributed by atoms with van der Waals surface area (Å²) in [6.07, 6.45) is 1.03. The maximum absolute atomic E-state index is 14.2. The first-order chi connectivity index (χ1) is 18.5. The molecule has 2 aliphatic rings. The zero-order chi connectivity index (χ0) is 26.2. The minimum absolute atomic E-state index is 0.0215. The van der Waals surface area contributed by atoms with E-state index in [1.807, 2.05) is 110 Å². The third-order valence-corrected chi connectivity index (χ3v) is 7.71. The topological polar surface area (TPSA) is 49.4 Å². The summed E-state index contributed by atoms with van der Waals surface area (Å²) >= 11 is 6.14. The third-order valence-electron chi connectivity index (χ3n) is 7.46. The second kappa shape index (κ2) is 9.96. The number of carbonyl (C=O) groups excluding carboxylic acids is 2. The second-order valence-corrected chi connectivity index (χ2v) is 10.4. The van der Waals surface area contributed by atoms with Crippen molar-refractivity contribution in [2.45, 2.75) is 31.7 Å². The average Bonchev–Trinajstić information content (AvgIpc) is 3.08. The molecule has 1 aliphatic carbocycles. The van der Waals surface area contributed by atoms with E-state index in [1.165, 1.54) is 0 Å². The summed E-state index contributed by atoms with van der Waals surface area (Å²) in [5, 5.41) is 4.26. The van der Waals surface area contributed by atoms with Crippen LogP contribution in [0.4, 0.5) is 11.4 Å². The largest absolute Gasteiger partial charge is 0.357 e. The molecule has 0 aromatic heterocycles. The van der Waals surface area contributed by atoms with Gasteiger partial charge in [-0.25, -0.2) is 0 Å². The zero-order valence-electron chi connectivity index (χ0n) is 21.0. The first-order valence-corrected chi connectivity index (χ1v) is 13.2. The summed E-state index contributed by atoms with van der Waals surface area (Å²) in [6.45, 7) is 2.04. The monoisotopic (exact) mass is 518 g/mol. The fourth-order valence-corrected chi connectivity index (χ4v) is 5.69.